The molecule has 3 nitrogen and oxygen atoms in total. The third-order valence-corrected chi connectivity index (χ3v) is 2.19. The summed E-state index contributed by atoms with van der Waals surface area (Å²) in [6, 6.07) is 3.17. The number of rotatable bonds is 0. The summed E-state index contributed by atoms with van der Waals surface area (Å²) in [5.41, 5.74) is 0.275. The van der Waals surface area contributed by atoms with Crippen LogP contribution in [-0.2, 0) is 0 Å². The van der Waals surface area contributed by atoms with Gasteiger partial charge in [0.1, 0.15) is 5.52 Å². The average Bonchev–Trinajstić information content (AvgIpc) is 2.39. The summed E-state index contributed by atoms with van der Waals surface area (Å²) < 4.78 is 13.5. The molecule has 0 saturated heterocycles. The van der Waals surface area contributed by atoms with E-state index in [1.165, 1.54) is 0 Å². The maximum absolute atomic E-state index is 13.2. The van der Waals surface area contributed by atoms with Gasteiger partial charge in [-0.05, 0) is 28.1 Å². The largest absolute Gasteiger partial charge is 0.323 e. The molecule has 0 unspecified atom stereocenters. The molecule has 2 N–H and O–H groups in total. The van der Waals surface area contributed by atoms with Crippen LogP contribution in [0, 0.1) is 5.82 Å². The minimum atomic E-state index is -0.453. The maximum Gasteiger partial charge on any atom is 0.323 e. The van der Waals surface area contributed by atoms with E-state index >= 15 is 0 Å². The smallest absolute Gasteiger partial charge is 0.306 e. The molecular weight excluding hydrogens is 227 g/mol. The van der Waals surface area contributed by atoms with E-state index in [1.54, 1.807) is 12.1 Å². The van der Waals surface area contributed by atoms with E-state index in [2.05, 4.69) is 25.9 Å². The van der Waals surface area contributed by atoms with Crippen LogP contribution < -0.4 is 5.69 Å². The highest BCUT2D eigenvalue weighted by Crippen LogP contribution is 2.20. The molecule has 2 rings (SSSR count). The molecule has 0 aliphatic heterocycles. The number of nitrogens with one attached hydrogen (secondary N) is 2. The van der Waals surface area contributed by atoms with Gasteiger partial charge in [0.25, 0.3) is 0 Å². The van der Waals surface area contributed by atoms with Crippen LogP contribution in [0.4, 0.5) is 4.39 Å². The number of aromatic amines is 2. The number of fused-ring (bicyclic) bond motifs is 1. The molecule has 0 aliphatic carbocycles. The van der Waals surface area contributed by atoms with Gasteiger partial charge in [-0.2, -0.15) is 0 Å². The summed E-state index contributed by atoms with van der Waals surface area (Å²) in [7, 11) is 0. The van der Waals surface area contributed by atoms with Gasteiger partial charge >= 0.3 is 5.69 Å². The molecule has 1 aromatic heterocycles. The molecule has 5 heteroatoms. The number of aromatic nitrogens is 2. The van der Waals surface area contributed by atoms with Crippen LogP contribution in [0.25, 0.3) is 11.0 Å². The molecule has 12 heavy (non-hydrogen) atoms. The number of halogens is 2. The van der Waals surface area contributed by atoms with Crippen LogP contribution in [0.1, 0.15) is 0 Å². The van der Waals surface area contributed by atoms with E-state index in [1.807, 2.05) is 0 Å². The fourth-order valence-corrected chi connectivity index (χ4v) is 1.37. The molecule has 0 spiro atoms. The zero-order valence-electron chi connectivity index (χ0n) is 5.82. The fraction of sp³-hybridized carbons (Fsp3) is 0. The zero-order chi connectivity index (χ0) is 8.72. The first-order valence-corrected chi connectivity index (χ1v) is 4.04. The Morgan fingerprint density at radius 2 is 2.08 bits per heavy atom. The van der Waals surface area contributed by atoms with Crippen molar-refractivity contribution >= 4 is 27.0 Å². The Labute approximate surface area is 74.7 Å². The van der Waals surface area contributed by atoms with E-state index in [0.29, 0.717) is 9.99 Å². The highest BCUT2D eigenvalue weighted by molar-refractivity contribution is 9.10. The Balaban J connectivity index is 2.99. The summed E-state index contributed by atoms with van der Waals surface area (Å²) in [5, 5.41) is 0. The van der Waals surface area contributed by atoms with Gasteiger partial charge in [0.05, 0.1) is 9.99 Å². The minimum absolute atomic E-state index is 0.203. The lowest BCUT2D eigenvalue weighted by molar-refractivity contribution is 0.630. The normalized spacial score (nSPS) is 10.8. The van der Waals surface area contributed by atoms with E-state index in [4.69, 9.17) is 0 Å². The van der Waals surface area contributed by atoms with Crippen molar-refractivity contribution in [2.24, 2.45) is 0 Å². The molecule has 0 bridgehead atoms. The first-order chi connectivity index (χ1) is 5.68. The molecule has 62 valence electrons. The second-order valence-electron chi connectivity index (χ2n) is 2.36. The average molecular weight is 231 g/mol. The number of H-pyrrole nitrogens is 2. The first-order valence-electron chi connectivity index (χ1n) is 3.24. The van der Waals surface area contributed by atoms with Gasteiger partial charge in [-0.1, -0.05) is 0 Å². The first kappa shape index (κ1) is 7.54. The van der Waals surface area contributed by atoms with Crippen molar-refractivity contribution in [3.8, 4) is 0 Å². The predicted molar refractivity (Wildman–Crippen MR) is 46.6 cm³/mol. The molecule has 0 aliphatic rings. The minimum Gasteiger partial charge on any atom is -0.306 e. The van der Waals surface area contributed by atoms with Crippen LogP contribution in [0.3, 0.4) is 0 Å². The standard InChI is InChI=1S/C7H4BrFN2O/c8-3-1-2-4-6(5(3)9)11-7(12)10-4/h1-2H,(H2,10,11,12). The van der Waals surface area contributed by atoms with E-state index < -0.39 is 11.5 Å². The SMILES string of the molecule is O=c1[nH]c2ccc(Br)c(F)c2[nH]1. The lowest BCUT2D eigenvalue weighted by Crippen LogP contribution is -1.99. The van der Waals surface area contributed by atoms with Crippen LogP contribution in [0.5, 0.6) is 0 Å². The Hall–Kier alpha value is -1.10. The van der Waals surface area contributed by atoms with Crippen molar-refractivity contribution in [1.82, 2.24) is 9.97 Å². The van der Waals surface area contributed by atoms with Gasteiger partial charge in [-0.15, -0.1) is 0 Å². The maximum atomic E-state index is 13.2. The van der Waals surface area contributed by atoms with Gasteiger partial charge in [0, 0.05) is 0 Å². The zero-order valence-corrected chi connectivity index (χ0v) is 7.40. The van der Waals surface area contributed by atoms with Gasteiger partial charge in [-0.3, -0.25) is 0 Å². The summed E-state index contributed by atoms with van der Waals surface area (Å²) in [6.07, 6.45) is 0. The number of imidazole rings is 1. The molecule has 1 aromatic carbocycles. The Bertz CT molecular complexity index is 488. The van der Waals surface area contributed by atoms with Gasteiger partial charge < -0.3 is 9.97 Å². The Morgan fingerprint density at radius 1 is 1.33 bits per heavy atom. The topological polar surface area (TPSA) is 48.6 Å². The van der Waals surface area contributed by atoms with Crippen LogP contribution in [0.15, 0.2) is 21.4 Å². The molecule has 0 atom stereocenters. The second-order valence-corrected chi connectivity index (χ2v) is 3.22. The van der Waals surface area contributed by atoms with Crippen molar-refractivity contribution in [2.45, 2.75) is 0 Å². The van der Waals surface area contributed by atoms with Crippen molar-refractivity contribution in [2.75, 3.05) is 0 Å². The number of benzene rings is 1. The van der Waals surface area contributed by atoms with Crippen molar-refractivity contribution in [1.29, 1.82) is 0 Å². The van der Waals surface area contributed by atoms with Crippen LogP contribution in [-0.4, -0.2) is 9.97 Å². The van der Waals surface area contributed by atoms with Gasteiger partial charge in [-0.25, -0.2) is 9.18 Å². The van der Waals surface area contributed by atoms with Crippen molar-refractivity contribution < 1.29 is 4.39 Å². The molecule has 1 heterocycles. The molecule has 0 radical (unpaired) electrons. The van der Waals surface area contributed by atoms with Crippen LogP contribution >= 0.6 is 15.9 Å². The summed E-state index contributed by atoms with van der Waals surface area (Å²) in [4.78, 5) is 15.6. The number of hydrogen-bond acceptors (Lipinski definition) is 1. The lowest BCUT2D eigenvalue weighted by Gasteiger charge is -1.93. The predicted octanol–water partition coefficient (Wildman–Crippen LogP) is 1.76. The second kappa shape index (κ2) is 2.45. The highest BCUT2D eigenvalue weighted by atomic mass is 79.9. The van der Waals surface area contributed by atoms with E-state index in [0.717, 1.165) is 0 Å². The third-order valence-electron chi connectivity index (χ3n) is 1.58. The molecule has 0 amide bonds. The monoisotopic (exact) mass is 230 g/mol. The highest BCUT2D eigenvalue weighted by Gasteiger charge is 2.06. The number of hydrogen-bond donors (Lipinski definition) is 2. The summed E-state index contributed by atoms with van der Waals surface area (Å²) in [5.74, 6) is -0.453. The Kier molecular flexibility index (Phi) is 1.54. The Morgan fingerprint density at radius 3 is 2.83 bits per heavy atom. The third kappa shape index (κ3) is 0.972. The molecule has 0 saturated carbocycles. The molecule has 2 aromatic rings. The van der Waals surface area contributed by atoms with Gasteiger partial charge in [0.15, 0.2) is 5.82 Å². The quantitative estimate of drug-likeness (QED) is 0.712. The van der Waals surface area contributed by atoms with E-state index in [-0.39, 0.29) is 5.52 Å². The van der Waals surface area contributed by atoms with E-state index in [9.17, 15) is 9.18 Å². The summed E-state index contributed by atoms with van der Waals surface area (Å²) in [6.45, 7) is 0. The van der Waals surface area contributed by atoms with Crippen molar-refractivity contribution in [3.05, 3.63) is 32.9 Å². The lowest BCUT2D eigenvalue weighted by atomic mass is 10.3. The fourth-order valence-electron chi connectivity index (χ4n) is 1.04. The van der Waals surface area contributed by atoms with Crippen molar-refractivity contribution in [3.63, 3.8) is 0 Å². The molecular formula is C7H4BrFN2O. The summed E-state index contributed by atoms with van der Waals surface area (Å²) >= 11 is 3.01. The van der Waals surface area contributed by atoms with Gasteiger partial charge in [0.2, 0.25) is 0 Å². The molecule has 0 fully saturated rings. The van der Waals surface area contributed by atoms with Crippen LogP contribution in [0.2, 0.25) is 0 Å².